The van der Waals surface area contributed by atoms with Crippen molar-refractivity contribution in [3.8, 4) is 0 Å². The highest BCUT2D eigenvalue weighted by molar-refractivity contribution is 5.20. The van der Waals surface area contributed by atoms with Gasteiger partial charge in [0.2, 0.25) is 0 Å². The second-order valence-corrected chi connectivity index (χ2v) is 4.87. The maximum atomic E-state index is 4.75. The fraction of sp³-hybridized carbons (Fsp3) is 0.615. The molecule has 19 heavy (non-hydrogen) atoms. The number of nitrogens with zero attached hydrogens (tertiary/aromatic N) is 5. The van der Waals surface area contributed by atoms with Crippen molar-refractivity contribution in [3.63, 3.8) is 0 Å². The SMILES string of the molecule is CCc1nc2c(n1CCCn1ccnn1)CCNC2. The first kappa shape index (κ1) is 12.3. The van der Waals surface area contributed by atoms with Crippen LogP contribution in [-0.4, -0.2) is 31.1 Å². The zero-order valence-electron chi connectivity index (χ0n) is 11.3. The molecule has 6 nitrogen and oxygen atoms in total. The van der Waals surface area contributed by atoms with Crippen molar-refractivity contribution in [2.24, 2.45) is 0 Å². The molecule has 2 aromatic heterocycles. The van der Waals surface area contributed by atoms with Gasteiger partial charge in [0.25, 0.3) is 0 Å². The van der Waals surface area contributed by atoms with Crippen molar-refractivity contribution < 1.29 is 0 Å². The second-order valence-electron chi connectivity index (χ2n) is 4.87. The predicted molar refractivity (Wildman–Crippen MR) is 71.7 cm³/mol. The van der Waals surface area contributed by atoms with Crippen LogP contribution in [0.2, 0.25) is 0 Å². The number of hydrogen-bond acceptors (Lipinski definition) is 4. The number of rotatable bonds is 5. The highest BCUT2D eigenvalue weighted by Gasteiger charge is 2.18. The maximum Gasteiger partial charge on any atom is 0.108 e. The summed E-state index contributed by atoms with van der Waals surface area (Å²) in [6.07, 6.45) is 6.78. The van der Waals surface area contributed by atoms with Crippen LogP contribution in [0.4, 0.5) is 0 Å². The van der Waals surface area contributed by atoms with Gasteiger partial charge in [0, 0.05) is 50.9 Å². The third kappa shape index (κ3) is 2.53. The van der Waals surface area contributed by atoms with Gasteiger partial charge in [-0.15, -0.1) is 5.10 Å². The first-order valence-corrected chi connectivity index (χ1v) is 7.00. The molecule has 102 valence electrons. The summed E-state index contributed by atoms with van der Waals surface area (Å²) in [6, 6.07) is 0. The summed E-state index contributed by atoms with van der Waals surface area (Å²) >= 11 is 0. The largest absolute Gasteiger partial charge is 0.332 e. The van der Waals surface area contributed by atoms with Crippen LogP contribution >= 0.6 is 0 Å². The van der Waals surface area contributed by atoms with E-state index in [-0.39, 0.29) is 0 Å². The van der Waals surface area contributed by atoms with E-state index in [1.54, 1.807) is 6.20 Å². The number of hydrogen-bond donors (Lipinski definition) is 1. The summed E-state index contributed by atoms with van der Waals surface area (Å²) < 4.78 is 4.30. The number of fused-ring (bicyclic) bond motifs is 1. The first-order chi connectivity index (χ1) is 9.38. The molecule has 0 saturated carbocycles. The molecular formula is C13H20N6. The number of aryl methyl sites for hydroxylation is 2. The Morgan fingerprint density at radius 3 is 3.11 bits per heavy atom. The molecule has 6 heteroatoms. The molecular weight excluding hydrogens is 240 g/mol. The number of nitrogens with one attached hydrogen (secondary N) is 1. The molecule has 0 atom stereocenters. The monoisotopic (exact) mass is 260 g/mol. The Labute approximate surface area is 112 Å². The molecule has 0 bridgehead atoms. The Hall–Kier alpha value is -1.69. The van der Waals surface area contributed by atoms with Gasteiger partial charge < -0.3 is 9.88 Å². The zero-order chi connectivity index (χ0) is 13.1. The van der Waals surface area contributed by atoms with E-state index in [0.717, 1.165) is 45.4 Å². The minimum atomic E-state index is 0.911. The van der Waals surface area contributed by atoms with Gasteiger partial charge in [-0.1, -0.05) is 12.1 Å². The molecule has 0 saturated heterocycles. The van der Waals surface area contributed by atoms with Gasteiger partial charge in [-0.25, -0.2) is 4.98 Å². The van der Waals surface area contributed by atoms with Crippen molar-refractivity contribution in [2.45, 2.75) is 45.8 Å². The highest BCUT2D eigenvalue weighted by Crippen LogP contribution is 2.17. The number of imidazole rings is 1. The fourth-order valence-corrected chi connectivity index (χ4v) is 2.70. The molecule has 0 radical (unpaired) electrons. The standard InChI is InChI=1S/C13H20N6/c1-2-13-16-11-10-14-5-4-12(11)19(13)8-3-7-18-9-6-15-17-18/h6,9,14H,2-5,7-8,10H2,1H3. The van der Waals surface area contributed by atoms with Crippen LogP contribution in [0.3, 0.4) is 0 Å². The zero-order valence-corrected chi connectivity index (χ0v) is 11.3. The van der Waals surface area contributed by atoms with Crippen LogP contribution < -0.4 is 5.32 Å². The van der Waals surface area contributed by atoms with E-state index >= 15 is 0 Å². The van der Waals surface area contributed by atoms with Crippen molar-refractivity contribution in [1.29, 1.82) is 0 Å². The van der Waals surface area contributed by atoms with E-state index in [9.17, 15) is 0 Å². The van der Waals surface area contributed by atoms with Gasteiger partial charge >= 0.3 is 0 Å². The van der Waals surface area contributed by atoms with Gasteiger partial charge in [-0.3, -0.25) is 4.68 Å². The molecule has 0 fully saturated rings. The van der Waals surface area contributed by atoms with E-state index < -0.39 is 0 Å². The first-order valence-electron chi connectivity index (χ1n) is 7.00. The summed E-state index contributed by atoms with van der Waals surface area (Å²) in [5.74, 6) is 1.22. The average Bonchev–Trinajstić information content (AvgIpc) is 3.06. The van der Waals surface area contributed by atoms with Crippen LogP contribution in [0.1, 0.15) is 30.6 Å². The molecule has 3 heterocycles. The van der Waals surface area contributed by atoms with Gasteiger partial charge in [0.1, 0.15) is 5.82 Å². The minimum absolute atomic E-state index is 0.911. The Kier molecular flexibility index (Phi) is 3.59. The van der Waals surface area contributed by atoms with Crippen molar-refractivity contribution in [2.75, 3.05) is 6.54 Å². The van der Waals surface area contributed by atoms with Crippen molar-refractivity contribution in [3.05, 3.63) is 29.6 Å². The van der Waals surface area contributed by atoms with Crippen LogP contribution in [0.25, 0.3) is 0 Å². The normalized spacial score (nSPS) is 14.6. The van der Waals surface area contributed by atoms with E-state index in [1.165, 1.54) is 17.2 Å². The topological polar surface area (TPSA) is 60.6 Å². The molecule has 3 rings (SSSR count). The van der Waals surface area contributed by atoms with E-state index in [0.29, 0.717) is 0 Å². The lowest BCUT2D eigenvalue weighted by Gasteiger charge is -2.16. The van der Waals surface area contributed by atoms with Gasteiger partial charge in [0.15, 0.2) is 0 Å². The minimum Gasteiger partial charge on any atom is -0.332 e. The molecule has 0 unspecified atom stereocenters. The summed E-state index contributed by atoms with van der Waals surface area (Å²) in [7, 11) is 0. The van der Waals surface area contributed by atoms with E-state index in [2.05, 4.69) is 27.1 Å². The van der Waals surface area contributed by atoms with Crippen LogP contribution in [0, 0.1) is 0 Å². The highest BCUT2D eigenvalue weighted by atomic mass is 15.4. The Balaban J connectivity index is 1.70. The third-order valence-corrected chi connectivity index (χ3v) is 3.62. The lowest BCUT2D eigenvalue weighted by molar-refractivity contribution is 0.493. The van der Waals surface area contributed by atoms with E-state index in [1.807, 2.05) is 10.9 Å². The fourth-order valence-electron chi connectivity index (χ4n) is 2.70. The average molecular weight is 260 g/mol. The Morgan fingerprint density at radius 1 is 1.37 bits per heavy atom. The van der Waals surface area contributed by atoms with Crippen LogP contribution in [0.15, 0.2) is 12.4 Å². The maximum absolute atomic E-state index is 4.75. The molecule has 0 aliphatic carbocycles. The van der Waals surface area contributed by atoms with E-state index in [4.69, 9.17) is 4.98 Å². The van der Waals surface area contributed by atoms with Gasteiger partial charge in [-0.2, -0.15) is 0 Å². The van der Waals surface area contributed by atoms with Crippen molar-refractivity contribution >= 4 is 0 Å². The second kappa shape index (κ2) is 5.52. The molecule has 1 aliphatic heterocycles. The lowest BCUT2D eigenvalue weighted by atomic mass is 10.2. The quantitative estimate of drug-likeness (QED) is 0.862. The summed E-state index contributed by atoms with van der Waals surface area (Å²) in [5, 5.41) is 11.2. The molecule has 0 amide bonds. The van der Waals surface area contributed by atoms with Crippen LogP contribution in [-0.2, 0) is 32.5 Å². The lowest BCUT2D eigenvalue weighted by Crippen LogP contribution is -2.25. The Bertz CT molecular complexity index is 528. The van der Waals surface area contributed by atoms with Crippen LogP contribution in [0.5, 0.6) is 0 Å². The molecule has 0 aromatic carbocycles. The summed E-state index contributed by atoms with van der Waals surface area (Å²) in [6.45, 7) is 6.08. The molecule has 1 N–H and O–H groups in total. The smallest absolute Gasteiger partial charge is 0.108 e. The molecule has 0 spiro atoms. The molecule has 1 aliphatic rings. The predicted octanol–water partition coefficient (Wildman–Crippen LogP) is 0.773. The summed E-state index contributed by atoms with van der Waals surface area (Å²) in [4.78, 5) is 4.75. The van der Waals surface area contributed by atoms with Gasteiger partial charge in [-0.05, 0) is 6.42 Å². The Morgan fingerprint density at radius 2 is 2.32 bits per heavy atom. The number of aromatic nitrogens is 5. The summed E-state index contributed by atoms with van der Waals surface area (Å²) in [5.41, 5.74) is 2.66. The van der Waals surface area contributed by atoms with Gasteiger partial charge in [0.05, 0.1) is 11.9 Å². The third-order valence-electron chi connectivity index (χ3n) is 3.62. The van der Waals surface area contributed by atoms with Crippen molar-refractivity contribution in [1.82, 2.24) is 29.9 Å². The molecule has 2 aromatic rings.